The standard InChI is InChI=1S/C20H30N2O3S/c1-6-7-16(2)19(23)21-12-14-22(15-13-21)26(24,25)18-10-8-17(9-11-18)20(3,4)5/h7-11H,6,12-15H2,1-5H3. The first-order valence-corrected chi connectivity index (χ1v) is 10.6. The van der Waals surface area contributed by atoms with Crippen molar-refractivity contribution in [3.8, 4) is 0 Å². The van der Waals surface area contributed by atoms with Crippen molar-refractivity contribution in [3.05, 3.63) is 41.5 Å². The van der Waals surface area contributed by atoms with Gasteiger partial charge in [0.15, 0.2) is 0 Å². The van der Waals surface area contributed by atoms with Crippen molar-refractivity contribution < 1.29 is 13.2 Å². The molecule has 2 rings (SSSR count). The Morgan fingerprint density at radius 3 is 2.08 bits per heavy atom. The smallest absolute Gasteiger partial charge is 0.249 e. The minimum atomic E-state index is -3.52. The molecule has 1 aromatic rings. The molecule has 6 heteroatoms. The third kappa shape index (κ3) is 4.54. The molecule has 1 aromatic carbocycles. The zero-order valence-electron chi connectivity index (χ0n) is 16.4. The molecule has 0 spiro atoms. The van der Waals surface area contributed by atoms with Crippen LogP contribution in [-0.4, -0.2) is 49.7 Å². The van der Waals surface area contributed by atoms with E-state index in [1.807, 2.05) is 32.1 Å². The van der Waals surface area contributed by atoms with Crippen LogP contribution in [0, 0.1) is 0 Å². The fourth-order valence-corrected chi connectivity index (χ4v) is 4.47. The van der Waals surface area contributed by atoms with Gasteiger partial charge in [0.25, 0.3) is 0 Å². The molecule has 0 radical (unpaired) electrons. The second kappa shape index (κ2) is 7.92. The highest BCUT2D eigenvalue weighted by atomic mass is 32.2. The normalized spacial score (nSPS) is 17.4. The number of benzene rings is 1. The van der Waals surface area contributed by atoms with Gasteiger partial charge in [-0.3, -0.25) is 4.79 Å². The van der Waals surface area contributed by atoms with E-state index in [1.165, 1.54) is 4.31 Å². The highest BCUT2D eigenvalue weighted by molar-refractivity contribution is 7.89. The molecule has 1 aliphatic rings. The number of hydrogen-bond donors (Lipinski definition) is 0. The summed E-state index contributed by atoms with van der Waals surface area (Å²) in [4.78, 5) is 14.4. The summed E-state index contributed by atoms with van der Waals surface area (Å²) in [5, 5.41) is 0. The summed E-state index contributed by atoms with van der Waals surface area (Å²) < 4.78 is 27.2. The maximum absolute atomic E-state index is 12.9. The van der Waals surface area contributed by atoms with E-state index in [4.69, 9.17) is 0 Å². The van der Waals surface area contributed by atoms with Gasteiger partial charge in [-0.2, -0.15) is 4.31 Å². The number of carbonyl (C=O) groups excluding carboxylic acids is 1. The summed E-state index contributed by atoms with van der Waals surface area (Å²) in [5.41, 5.74) is 1.81. The predicted octanol–water partition coefficient (Wildman–Crippen LogP) is 3.17. The summed E-state index contributed by atoms with van der Waals surface area (Å²) >= 11 is 0. The molecule has 0 aliphatic carbocycles. The fraction of sp³-hybridized carbons (Fsp3) is 0.550. The predicted molar refractivity (Wildman–Crippen MR) is 105 cm³/mol. The first-order chi connectivity index (χ1) is 12.1. The number of sulfonamides is 1. The van der Waals surface area contributed by atoms with Crippen LogP contribution in [0.25, 0.3) is 0 Å². The van der Waals surface area contributed by atoms with Crippen LogP contribution in [0.2, 0.25) is 0 Å². The molecule has 0 saturated carbocycles. The van der Waals surface area contributed by atoms with E-state index in [9.17, 15) is 13.2 Å². The van der Waals surface area contributed by atoms with Gasteiger partial charge < -0.3 is 4.90 Å². The van der Waals surface area contributed by atoms with Gasteiger partial charge in [-0.05, 0) is 36.5 Å². The van der Waals surface area contributed by atoms with Gasteiger partial charge in [-0.15, -0.1) is 0 Å². The van der Waals surface area contributed by atoms with Crippen LogP contribution < -0.4 is 0 Å². The van der Waals surface area contributed by atoms with Gasteiger partial charge in [0.05, 0.1) is 4.90 Å². The van der Waals surface area contributed by atoms with Crippen LogP contribution in [0.4, 0.5) is 0 Å². The van der Waals surface area contributed by atoms with Crippen molar-refractivity contribution in [2.75, 3.05) is 26.2 Å². The molecule has 144 valence electrons. The van der Waals surface area contributed by atoms with E-state index in [0.717, 1.165) is 17.6 Å². The second-order valence-corrected chi connectivity index (χ2v) is 9.70. The SMILES string of the molecule is CCC=C(C)C(=O)N1CCN(S(=O)(=O)c2ccc(C(C)(C)C)cc2)CC1. The van der Waals surface area contributed by atoms with Gasteiger partial charge in [-0.25, -0.2) is 8.42 Å². The number of allylic oxidation sites excluding steroid dienone is 1. The molecular weight excluding hydrogens is 348 g/mol. The number of rotatable bonds is 4. The summed E-state index contributed by atoms with van der Waals surface area (Å²) in [5.74, 6) is -0.00146. The largest absolute Gasteiger partial charge is 0.336 e. The van der Waals surface area contributed by atoms with Crippen LogP contribution in [0.1, 0.15) is 46.6 Å². The average molecular weight is 379 g/mol. The summed E-state index contributed by atoms with van der Waals surface area (Å²) in [6, 6.07) is 7.13. The Morgan fingerprint density at radius 1 is 1.08 bits per heavy atom. The summed E-state index contributed by atoms with van der Waals surface area (Å²) in [7, 11) is -3.52. The Kier molecular flexibility index (Phi) is 6.29. The number of piperazine rings is 1. The number of hydrogen-bond acceptors (Lipinski definition) is 3. The maximum Gasteiger partial charge on any atom is 0.249 e. The lowest BCUT2D eigenvalue weighted by atomic mass is 9.87. The Morgan fingerprint density at radius 2 is 1.62 bits per heavy atom. The van der Waals surface area contributed by atoms with Gasteiger partial charge in [-0.1, -0.05) is 45.9 Å². The van der Waals surface area contributed by atoms with E-state index in [0.29, 0.717) is 31.1 Å². The van der Waals surface area contributed by atoms with Crippen LogP contribution in [0.5, 0.6) is 0 Å². The molecule has 26 heavy (non-hydrogen) atoms. The van der Waals surface area contributed by atoms with E-state index >= 15 is 0 Å². The number of amides is 1. The third-order valence-electron chi connectivity index (χ3n) is 4.73. The molecule has 1 fully saturated rings. The topological polar surface area (TPSA) is 57.7 Å². The molecule has 0 bridgehead atoms. The Bertz CT molecular complexity index is 766. The van der Waals surface area contributed by atoms with Crippen molar-refractivity contribution in [3.63, 3.8) is 0 Å². The molecule has 1 aliphatic heterocycles. The monoisotopic (exact) mass is 378 g/mol. The zero-order valence-corrected chi connectivity index (χ0v) is 17.3. The van der Waals surface area contributed by atoms with E-state index < -0.39 is 10.0 Å². The van der Waals surface area contributed by atoms with Crippen LogP contribution >= 0.6 is 0 Å². The van der Waals surface area contributed by atoms with Gasteiger partial charge in [0.2, 0.25) is 15.9 Å². The van der Waals surface area contributed by atoms with Crippen molar-refractivity contribution in [1.29, 1.82) is 0 Å². The molecule has 1 amide bonds. The van der Waals surface area contributed by atoms with Crippen molar-refractivity contribution in [1.82, 2.24) is 9.21 Å². The van der Waals surface area contributed by atoms with E-state index in [-0.39, 0.29) is 11.3 Å². The lowest BCUT2D eigenvalue weighted by molar-refractivity contribution is -0.128. The quantitative estimate of drug-likeness (QED) is 0.756. The molecule has 0 aromatic heterocycles. The Labute approximate surface area is 157 Å². The summed E-state index contributed by atoms with van der Waals surface area (Å²) in [6.07, 6.45) is 2.72. The molecule has 5 nitrogen and oxygen atoms in total. The molecule has 0 unspecified atom stereocenters. The lowest BCUT2D eigenvalue weighted by Gasteiger charge is -2.34. The van der Waals surface area contributed by atoms with Crippen molar-refractivity contribution in [2.45, 2.75) is 51.3 Å². The molecule has 0 atom stereocenters. The average Bonchev–Trinajstić information content (AvgIpc) is 2.60. The lowest BCUT2D eigenvalue weighted by Crippen LogP contribution is -2.50. The minimum Gasteiger partial charge on any atom is -0.336 e. The first kappa shape index (κ1) is 20.6. The van der Waals surface area contributed by atoms with Crippen molar-refractivity contribution in [2.24, 2.45) is 0 Å². The van der Waals surface area contributed by atoms with Gasteiger partial charge >= 0.3 is 0 Å². The highest BCUT2D eigenvalue weighted by Crippen LogP contribution is 2.25. The van der Waals surface area contributed by atoms with E-state index in [2.05, 4.69) is 20.8 Å². The molecule has 1 heterocycles. The number of nitrogens with zero attached hydrogens (tertiary/aromatic N) is 2. The Balaban J connectivity index is 2.08. The maximum atomic E-state index is 12.9. The first-order valence-electron chi connectivity index (χ1n) is 9.14. The van der Waals surface area contributed by atoms with Gasteiger partial charge in [0.1, 0.15) is 0 Å². The minimum absolute atomic E-state index is 0.00146. The number of carbonyl (C=O) groups is 1. The van der Waals surface area contributed by atoms with Crippen LogP contribution in [0.3, 0.4) is 0 Å². The molecule has 0 N–H and O–H groups in total. The highest BCUT2D eigenvalue weighted by Gasteiger charge is 2.30. The zero-order chi connectivity index (χ0) is 19.5. The molecule has 1 saturated heterocycles. The fourth-order valence-electron chi connectivity index (χ4n) is 3.05. The van der Waals surface area contributed by atoms with Crippen molar-refractivity contribution >= 4 is 15.9 Å². The summed E-state index contributed by atoms with van der Waals surface area (Å²) in [6.45, 7) is 11.6. The van der Waals surface area contributed by atoms with Crippen LogP contribution in [0.15, 0.2) is 40.8 Å². The Hall–Kier alpha value is -1.66. The van der Waals surface area contributed by atoms with E-state index in [1.54, 1.807) is 17.0 Å². The molecular formula is C20H30N2O3S. The third-order valence-corrected chi connectivity index (χ3v) is 6.64. The van der Waals surface area contributed by atoms with Crippen LogP contribution in [-0.2, 0) is 20.2 Å². The second-order valence-electron chi connectivity index (χ2n) is 7.77. The van der Waals surface area contributed by atoms with Gasteiger partial charge in [0, 0.05) is 31.8 Å².